The first-order valence-corrected chi connectivity index (χ1v) is 12.9. The summed E-state index contributed by atoms with van der Waals surface area (Å²) in [4.78, 5) is 28.2. The number of likely N-dealkylation sites (N-methyl/N-ethyl adjacent to an activating group) is 1. The molecule has 0 spiro atoms. The van der Waals surface area contributed by atoms with Crippen LogP contribution < -0.4 is 10.1 Å². The summed E-state index contributed by atoms with van der Waals surface area (Å²) in [6.45, 7) is 1.85. The zero-order chi connectivity index (χ0) is 26.2. The molecule has 0 saturated heterocycles. The number of fused-ring (bicyclic) bond motifs is 1. The summed E-state index contributed by atoms with van der Waals surface area (Å²) in [5.74, 6) is -0.651. The first kappa shape index (κ1) is 26.4. The van der Waals surface area contributed by atoms with Crippen molar-refractivity contribution in [2.75, 3.05) is 13.2 Å². The van der Waals surface area contributed by atoms with Gasteiger partial charge in [0.1, 0.15) is 17.6 Å². The Morgan fingerprint density at radius 1 is 0.946 bits per heavy atom. The third kappa shape index (κ3) is 6.54. The highest BCUT2D eigenvalue weighted by molar-refractivity contribution is 9.10. The Morgan fingerprint density at radius 2 is 1.65 bits per heavy atom. The number of halogens is 2. The monoisotopic (exact) mass is 562 g/mol. The van der Waals surface area contributed by atoms with Crippen LogP contribution in [0.3, 0.4) is 0 Å². The maximum Gasteiger partial charge on any atom is 0.261 e. The SMILES string of the molecule is CCNC(=O)[C@H](Cc1ccccc1)N(Cc1ccccc1F)C(=O)COc1ccc2ccccc2c1Br. The lowest BCUT2D eigenvalue weighted by Gasteiger charge is -2.31. The Bertz CT molecular complexity index is 1380. The average Bonchev–Trinajstić information content (AvgIpc) is 2.92. The molecule has 0 radical (unpaired) electrons. The van der Waals surface area contributed by atoms with Crippen LogP contribution in [-0.2, 0) is 22.6 Å². The predicted molar refractivity (Wildman–Crippen MR) is 147 cm³/mol. The normalized spacial score (nSPS) is 11.6. The van der Waals surface area contributed by atoms with Gasteiger partial charge in [0.2, 0.25) is 5.91 Å². The van der Waals surface area contributed by atoms with Gasteiger partial charge in [0, 0.05) is 25.1 Å². The number of nitrogens with one attached hydrogen (secondary N) is 1. The minimum atomic E-state index is -0.849. The molecule has 190 valence electrons. The summed E-state index contributed by atoms with van der Waals surface area (Å²) < 4.78 is 21.3. The van der Waals surface area contributed by atoms with Crippen molar-refractivity contribution in [2.45, 2.75) is 25.9 Å². The van der Waals surface area contributed by atoms with Gasteiger partial charge in [-0.3, -0.25) is 9.59 Å². The lowest BCUT2D eigenvalue weighted by Crippen LogP contribution is -2.51. The topological polar surface area (TPSA) is 58.6 Å². The van der Waals surface area contributed by atoms with Gasteiger partial charge in [-0.05, 0) is 51.3 Å². The third-order valence-corrected chi connectivity index (χ3v) is 6.92. The van der Waals surface area contributed by atoms with Crippen LogP contribution in [0.15, 0.2) is 95.5 Å². The zero-order valence-corrected chi connectivity index (χ0v) is 22.1. The van der Waals surface area contributed by atoms with Gasteiger partial charge < -0.3 is 15.0 Å². The van der Waals surface area contributed by atoms with Gasteiger partial charge >= 0.3 is 0 Å². The average molecular weight is 563 g/mol. The Hall–Kier alpha value is -3.71. The number of amides is 2. The highest BCUT2D eigenvalue weighted by Gasteiger charge is 2.31. The lowest BCUT2D eigenvalue weighted by atomic mass is 10.0. The van der Waals surface area contributed by atoms with Crippen molar-refractivity contribution >= 4 is 38.5 Å². The van der Waals surface area contributed by atoms with Gasteiger partial charge in [-0.25, -0.2) is 4.39 Å². The number of hydrogen-bond donors (Lipinski definition) is 1. The molecule has 7 heteroatoms. The van der Waals surface area contributed by atoms with Crippen LogP contribution in [0, 0.1) is 5.82 Å². The largest absolute Gasteiger partial charge is 0.483 e. The van der Waals surface area contributed by atoms with Crippen LogP contribution in [0.5, 0.6) is 5.75 Å². The molecule has 2 amide bonds. The van der Waals surface area contributed by atoms with E-state index in [1.807, 2.05) is 67.6 Å². The van der Waals surface area contributed by atoms with E-state index in [0.29, 0.717) is 17.9 Å². The van der Waals surface area contributed by atoms with E-state index >= 15 is 0 Å². The lowest BCUT2D eigenvalue weighted by molar-refractivity contribution is -0.142. The van der Waals surface area contributed by atoms with Crippen LogP contribution in [-0.4, -0.2) is 35.9 Å². The summed E-state index contributed by atoms with van der Waals surface area (Å²) in [7, 11) is 0. The van der Waals surface area contributed by atoms with Crippen molar-refractivity contribution in [1.82, 2.24) is 10.2 Å². The van der Waals surface area contributed by atoms with Crippen LogP contribution >= 0.6 is 15.9 Å². The summed E-state index contributed by atoms with van der Waals surface area (Å²) in [6, 6.07) is 26.4. The summed E-state index contributed by atoms with van der Waals surface area (Å²) in [5.41, 5.74) is 1.22. The van der Waals surface area contributed by atoms with Crippen LogP contribution in [0.4, 0.5) is 4.39 Å². The maximum atomic E-state index is 14.6. The fourth-order valence-corrected chi connectivity index (χ4v) is 4.81. The van der Waals surface area contributed by atoms with E-state index in [2.05, 4.69) is 21.2 Å². The molecule has 1 atom stereocenters. The molecule has 0 saturated carbocycles. The smallest absolute Gasteiger partial charge is 0.261 e. The summed E-state index contributed by atoms with van der Waals surface area (Å²) in [6.07, 6.45) is 0.284. The number of carbonyl (C=O) groups excluding carboxylic acids is 2. The van der Waals surface area contributed by atoms with E-state index in [1.54, 1.807) is 24.3 Å². The van der Waals surface area contributed by atoms with Crippen LogP contribution in [0.25, 0.3) is 10.8 Å². The molecule has 0 bridgehead atoms. The molecule has 4 aromatic rings. The Labute approximate surface area is 224 Å². The zero-order valence-electron chi connectivity index (χ0n) is 20.5. The Kier molecular flexibility index (Phi) is 8.90. The second-order valence-corrected chi connectivity index (χ2v) is 9.39. The Morgan fingerprint density at radius 3 is 2.41 bits per heavy atom. The second kappa shape index (κ2) is 12.5. The fraction of sp³-hybridized carbons (Fsp3) is 0.200. The predicted octanol–water partition coefficient (Wildman–Crippen LogP) is 5.90. The first-order chi connectivity index (χ1) is 18.0. The molecule has 0 aromatic heterocycles. The molecule has 4 aromatic carbocycles. The number of nitrogens with zero attached hydrogens (tertiary/aromatic N) is 1. The van der Waals surface area contributed by atoms with Gasteiger partial charge in [0.25, 0.3) is 5.91 Å². The molecule has 0 aliphatic heterocycles. The number of carbonyl (C=O) groups is 2. The standard InChI is InChI=1S/C30H28BrFN2O3/c1-2-33-30(36)26(18-21-10-4-3-5-11-21)34(19-23-13-7-9-15-25(23)32)28(35)20-37-27-17-16-22-12-6-8-14-24(22)29(27)31/h3-17,26H,2,18-20H2,1H3,(H,33,36)/t26-/m0/s1. The number of benzene rings is 4. The molecular formula is C30H28BrFN2O3. The van der Waals surface area contributed by atoms with Crippen LogP contribution in [0.2, 0.25) is 0 Å². The van der Waals surface area contributed by atoms with E-state index in [9.17, 15) is 14.0 Å². The first-order valence-electron chi connectivity index (χ1n) is 12.1. The molecule has 37 heavy (non-hydrogen) atoms. The number of ether oxygens (including phenoxy) is 1. The van der Waals surface area contributed by atoms with Crippen LogP contribution in [0.1, 0.15) is 18.1 Å². The van der Waals surface area contributed by atoms with Gasteiger partial charge in [0.15, 0.2) is 6.61 Å². The molecule has 0 heterocycles. The molecule has 4 rings (SSSR count). The highest BCUT2D eigenvalue weighted by Crippen LogP contribution is 2.33. The van der Waals surface area contributed by atoms with Gasteiger partial charge in [-0.2, -0.15) is 0 Å². The van der Waals surface area contributed by atoms with E-state index < -0.39 is 17.8 Å². The Balaban J connectivity index is 1.63. The van der Waals surface area contributed by atoms with E-state index in [4.69, 9.17) is 4.74 Å². The van der Waals surface area contributed by atoms with Crippen molar-refractivity contribution in [1.29, 1.82) is 0 Å². The molecule has 5 nitrogen and oxygen atoms in total. The quantitative estimate of drug-likeness (QED) is 0.262. The third-order valence-electron chi connectivity index (χ3n) is 6.10. The van der Waals surface area contributed by atoms with E-state index in [1.165, 1.54) is 11.0 Å². The van der Waals surface area contributed by atoms with Gasteiger partial charge in [-0.1, -0.05) is 78.9 Å². The molecule has 0 unspecified atom stereocenters. The molecule has 0 fully saturated rings. The van der Waals surface area contributed by atoms with E-state index in [0.717, 1.165) is 20.8 Å². The molecular weight excluding hydrogens is 535 g/mol. The van der Waals surface area contributed by atoms with Gasteiger partial charge in [0.05, 0.1) is 4.47 Å². The number of rotatable bonds is 10. The second-order valence-electron chi connectivity index (χ2n) is 8.60. The summed E-state index contributed by atoms with van der Waals surface area (Å²) >= 11 is 3.59. The molecule has 1 N–H and O–H groups in total. The number of hydrogen-bond acceptors (Lipinski definition) is 3. The highest BCUT2D eigenvalue weighted by atomic mass is 79.9. The van der Waals surface area contributed by atoms with Crippen molar-refractivity contribution < 1.29 is 18.7 Å². The molecule has 0 aliphatic rings. The minimum absolute atomic E-state index is 0.0671. The van der Waals surface area contributed by atoms with Crippen molar-refractivity contribution in [3.05, 3.63) is 112 Å². The maximum absolute atomic E-state index is 14.6. The van der Waals surface area contributed by atoms with Crippen molar-refractivity contribution in [3.8, 4) is 5.75 Å². The fourth-order valence-electron chi connectivity index (χ4n) is 4.20. The van der Waals surface area contributed by atoms with Crippen molar-refractivity contribution in [2.24, 2.45) is 0 Å². The van der Waals surface area contributed by atoms with Gasteiger partial charge in [-0.15, -0.1) is 0 Å². The van der Waals surface area contributed by atoms with E-state index in [-0.39, 0.29) is 25.5 Å². The minimum Gasteiger partial charge on any atom is -0.483 e. The van der Waals surface area contributed by atoms with Crippen molar-refractivity contribution in [3.63, 3.8) is 0 Å². The molecule has 0 aliphatic carbocycles. The summed E-state index contributed by atoms with van der Waals surface area (Å²) in [5, 5.41) is 4.82.